The molecule has 0 aromatic rings. The fourth-order valence-electron chi connectivity index (χ4n) is 0.378. The molecule has 0 radical (unpaired) electrons. The first-order chi connectivity index (χ1) is 6.20. The topological polar surface area (TPSA) is 100 Å². The van der Waals surface area contributed by atoms with Crippen LogP contribution < -0.4 is 10.5 Å². The molecule has 2 amide bonds. The zero-order valence-electron chi connectivity index (χ0n) is 7.11. The van der Waals surface area contributed by atoms with Crippen molar-refractivity contribution in [2.45, 2.75) is 6.42 Å². The van der Waals surface area contributed by atoms with Crippen molar-refractivity contribution < 1.29 is 9.53 Å². The molecule has 3 N–H and O–H groups in total. The van der Waals surface area contributed by atoms with Crippen LogP contribution in [0.15, 0.2) is 4.99 Å². The summed E-state index contributed by atoms with van der Waals surface area (Å²) in [6.07, 6.45) is 0.369. The van der Waals surface area contributed by atoms with Gasteiger partial charge in [-0.15, -0.1) is 4.99 Å². The number of hydrogen-bond donors (Lipinski definition) is 2. The molecule has 0 bridgehead atoms. The predicted octanol–water partition coefficient (Wildman–Crippen LogP) is 0.219. The Labute approximate surface area is 80.3 Å². The lowest BCUT2D eigenvalue weighted by Gasteiger charge is -1.98. The van der Waals surface area contributed by atoms with Crippen LogP contribution in [-0.2, 0) is 4.74 Å². The first-order valence-corrected chi connectivity index (χ1v) is 4.36. The van der Waals surface area contributed by atoms with Crippen LogP contribution in [0.25, 0.3) is 0 Å². The number of carbonyl (C=O) groups excluding carboxylic acids is 1. The summed E-state index contributed by atoms with van der Waals surface area (Å²) in [4.78, 5) is 14.1. The molecular weight excluding hydrogens is 192 g/mol. The minimum Gasteiger partial charge on any atom is -0.468 e. The highest BCUT2D eigenvalue weighted by Gasteiger charge is 1.98. The molecule has 72 valence electrons. The lowest BCUT2D eigenvalue weighted by molar-refractivity contribution is 0.253. The summed E-state index contributed by atoms with van der Waals surface area (Å²) in [5.74, 6) is 0.518. The second kappa shape index (κ2) is 7.24. The Morgan fingerprint density at radius 2 is 2.54 bits per heavy atom. The number of amidine groups is 1. The van der Waals surface area contributed by atoms with Gasteiger partial charge in [0.05, 0.1) is 13.2 Å². The van der Waals surface area contributed by atoms with Gasteiger partial charge in [-0.25, -0.2) is 4.79 Å². The van der Waals surface area contributed by atoms with Gasteiger partial charge in [0.25, 0.3) is 6.02 Å². The van der Waals surface area contributed by atoms with E-state index in [4.69, 9.17) is 11.0 Å². The second-order valence-corrected chi connectivity index (χ2v) is 2.72. The molecule has 0 fully saturated rings. The number of ether oxygens (including phenoxy) is 1. The molecule has 0 atom stereocenters. The predicted molar refractivity (Wildman–Crippen MR) is 49.9 cm³/mol. The summed E-state index contributed by atoms with van der Waals surface area (Å²) in [6, 6.07) is 1.14. The number of nitrogens with two attached hydrogens (primary N) is 1. The van der Waals surface area contributed by atoms with E-state index in [1.54, 1.807) is 0 Å². The molecule has 0 aliphatic heterocycles. The number of nitrogens with one attached hydrogen (secondary N) is 1. The van der Waals surface area contributed by atoms with E-state index in [9.17, 15) is 4.79 Å². The van der Waals surface area contributed by atoms with E-state index in [-0.39, 0.29) is 6.02 Å². The lowest BCUT2D eigenvalue weighted by atomic mass is 10.6. The average Bonchev–Trinajstić information content (AvgIpc) is 2.12. The summed E-state index contributed by atoms with van der Waals surface area (Å²) in [5.41, 5.74) is 5.11. The Morgan fingerprint density at radius 3 is 3.08 bits per heavy atom. The molecule has 7 heteroatoms. The highest BCUT2D eigenvalue weighted by molar-refractivity contribution is 7.97. The molecular formula is C6H10N4O2S. The largest absolute Gasteiger partial charge is 0.468 e. The smallest absolute Gasteiger partial charge is 0.355 e. The summed E-state index contributed by atoms with van der Waals surface area (Å²) >= 11 is 1.10. The number of urea groups is 1. The van der Waals surface area contributed by atoms with Crippen molar-refractivity contribution in [1.82, 2.24) is 4.72 Å². The van der Waals surface area contributed by atoms with Crippen molar-refractivity contribution in [3.63, 3.8) is 0 Å². The zero-order valence-corrected chi connectivity index (χ0v) is 7.93. The van der Waals surface area contributed by atoms with E-state index in [1.165, 1.54) is 7.11 Å². The second-order valence-electron chi connectivity index (χ2n) is 1.82. The number of rotatable bonds is 3. The maximum atomic E-state index is 10.8. The Balaban J connectivity index is 3.59. The normalized spacial score (nSPS) is 10.3. The van der Waals surface area contributed by atoms with E-state index in [1.807, 2.05) is 6.07 Å². The van der Waals surface area contributed by atoms with Gasteiger partial charge in [0, 0.05) is 12.2 Å². The van der Waals surface area contributed by atoms with Gasteiger partial charge in [0.15, 0.2) is 0 Å². The lowest BCUT2D eigenvalue weighted by Crippen LogP contribution is -2.20. The molecule has 6 nitrogen and oxygen atoms in total. The number of hydrogen-bond acceptors (Lipinski definition) is 4. The number of aliphatic imine (C=N–C) groups is 1. The molecule has 13 heavy (non-hydrogen) atoms. The van der Waals surface area contributed by atoms with Crippen molar-refractivity contribution in [2.24, 2.45) is 10.7 Å². The minimum absolute atomic E-state index is 0.196. The first-order valence-electron chi connectivity index (χ1n) is 3.37. The molecule has 0 saturated heterocycles. The molecule has 0 aliphatic carbocycles. The van der Waals surface area contributed by atoms with Crippen molar-refractivity contribution in [3.05, 3.63) is 0 Å². The van der Waals surface area contributed by atoms with Gasteiger partial charge in [-0.05, 0) is 11.9 Å². The third kappa shape index (κ3) is 6.96. The molecule has 0 aliphatic rings. The number of methoxy groups -OCH3 is 1. The van der Waals surface area contributed by atoms with Gasteiger partial charge in [-0.2, -0.15) is 5.26 Å². The Hall–Kier alpha value is -1.42. The van der Waals surface area contributed by atoms with E-state index >= 15 is 0 Å². The van der Waals surface area contributed by atoms with Gasteiger partial charge in [0.1, 0.15) is 0 Å². The maximum absolute atomic E-state index is 10.8. The Bertz CT molecular complexity index is 235. The number of nitriles is 1. The Kier molecular flexibility index (Phi) is 6.45. The van der Waals surface area contributed by atoms with Crippen LogP contribution in [0, 0.1) is 11.3 Å². The molecule has 0 spiro atoms. The summed E-state index contributed by atoms with van der Waals surface area (Å²) in [5, 5.41) is 8.17. The van der Waals surface area contributed by atoms with Crippen LogP contribution >= 0.6 is 11.9 Å². The molecule has 0 heterocycles. The van der Waals surface area contributed by atoms with Gasteiger partial charge < -0.3 is 10.5 Å². The number of nitrogens with zero attached hydrogens (tertiary/aromatic N) is 2. The third-order valence-electron chi connectivity index (χ3n) is 0.896. The number of carbonyl (C=O) groups is 1. The fourth-order valence-corrected chi connectivity index (χ4v) is 0.843. The first kappa shape index (κ1) is 11.6. The van der Waals surface area contributed by atoms with Crippen LogP contribution in [0.2, 0.25) is 0 Å². The number of amides is 2. The Morgan fingerprint density at radius 1 is 1.85 bits per heavy atom. The summed E-state index contributed by atoms with van der Waals surface area (Å²) in [6.45, 7) is 0. The van der Waals surface area contributed by atoms with Gasteiger partial charge in [-0.3, -0.25) is 4.72 Å². The summed E-state index contributed by atoms with van der Waals surface area (Å²) < 4.78 is 6.82. The van der Waals surface area contributed by atoms with Gasteiger partial charge in [-0.1, -0.05) is 0 Å². The zero-order chi connectivity index (χ0) is 10.1. The highest BCUT2D eigenvalue weighted by Crippen LogP contribution is 1.95. The van der Waals surface area contributed by atoms with Crippen molar-refractivity contribution in [1.29, 1.82) is 5.26 Å². The van der Waals surface area contributed by atoms with E-state index in [0.717, 1.165) is 11.9 Å². The van der Waals surface area contributed by atoms with Crippen LogP contribution in [0.3, 0.4) is 0 Å². The van der Waals surface area contributed by atoms with Crippen molar-refractivity contribution in [3.8, 4) is 6.07 Å². The van der Waals surface area contributed by atoms with E-state index < -0.39 is 6.03 Å². The molecule has 0 aromatic carbocycles. The molecule has 0 aromatic heterocycles. The standard InChI is InChI=1S/C6H10N4O2S/c1-12-5(8)9-6(11)10-13-4-2-3-7/h2,4H2,1H3,(H3,8,9,10,11). The molecule has 0 saturated carbocycles. The highest BCUT2D eigenvalue weighted by atomic mass is 32.2. The molecule has 0 rings (SSSR count). The average molecular weight is 202 g/mol. The fraction of sp³-hybridized carbons (Fsp3) is 0.500. The quantitative estimate of drug-likeness (QED) is 0.295. The van der Waals surface area contributed by atoms with Gasteiger partial charge >= 0.3 is 6.03 Å². The van der Waals surface area contributed by atoms with Crippen LogP contribution in [0.4, 0.5) is 4.79 Å². The van der Waals surface area contributed by atoms with E-state index in [0.29, 0.717) is 12.2 Å². The summed E-state index contributed by atoms with van der Waals surface area (Å²) in [7, 11) is 1.31. The van der Waals surface area contributed by atoms with E-state index in [2.05, 4.69) is 14.5 Å². The third-order valence-corrected chi connectivity index (χ3v) is 1.62. The van der Waals surface area contributed by atoms with Crippen LogP contribution in [0.5, 0.6) is 0 Å². The maximum Gasteiger partial charge on any atom is 0.355 e. The SMILES string of the molecule is CO/C(N)=N\C(=O)NSCCC#N. The van der Waals surface area contributed by atoms with Gasteiger partial charge in [0.2, 0.25) is 0 Å². The van der Waals surface area contributed by atoms with Crippen molar-refractivity contribution in [2.75, 3.05) is 12.9 Å². The minimum atomic E-state index is -0.595. The molecule has 0 unspecified atom stereocenters. The van der Waals surface area contributed by atoms with Crippen molar-refractivity contribution >= 4 is 24.0 Å². The van der Waals surface area contributed by atoms with Crippen LogP contribution in [0.1, 0.15) is 6.42 Å². The monoisotopic (exact) mass is 202 g/mol. The van der Waals surface area contributed by atoms with Crippen LogP contribution in [-0.4, -0.2) is 24.9 Å².